The van der Waals surface area contributed by atoms with Crippen molar-refractivity contribution in [3.63, 3.8) is 0 Å². The summed E-state index contributed by atoms with van der Waals surface area (Å²) in [5.41, 5.74) is 0.801. The van der Waals surface area contributed by atoms with Gasteiger partial charge in [0, 0.05) is 11.6 Å². The molecule has 1 aromatic rings. The Morgan fingerprint density at radius 1 is 1.32 bits per heavy atom. The van der Waals surface area contributed by atoms with Gasteiger partial charge in [0.1, 0.15) is 5.75 Å². The van der Waals surface area contributed by atoms with Crippen LogP contribution in [0.15, 0.2) is 24.3 Å². The topological polar surface area (TPSA) is 49.3 Å². The highest BCUT2D eigenvalue weighted by molar-refractivity contribution is 5.93. The Bertz CT molecular complexity index is 450. The third-order valence-electron chi connectivity index (χ3n) is 4.31. The van der Waals surface area contributed by atoms with Crippen molar-refractivity contribution >= 4 is 11.6 Å². The van der Waals surface area contributed by atoms with Crippen molar-refractivity contribution < 1.29 is 9.90 Å². The summed E-state index contributed by atoms with van der Waals surface area (Å²) in [6.45, 7) is 6.54. The number of carbonyl (C=O) groups is 1. The molecule has 1 aliphatic rings. The average molecular weight is 261 g/mol. The zero-order valence-electron chi connectivity index (χ0n) is 11.9. The summed E-state index contributed by atoms with van der Waals surface area (Å²) in [5.74, 6) is 0.781. The first-order valence-electron chi connectivity index (χ1n) is 7.00. The lowest BCUT2D eigenvalue weighted by Crippen LogP contribution is -2.42. The number of phenolic OH excluding ortho intramolecular Hbond substituents is 1. The van der Waals surface area contributed by atoms with Crippen LogP contribution in [0.3, 0.4) is 0 Å². The predicted molar refractivity (Wildman–Crippen MR) is 77.0 cm³/mol. The summed E-state index contributed by atoms with van der Waals surface area (Å²) in [4.78, 5) is 12.5. The SMILES string of the molecule is C[C@H]1CCCC(C)(C)[C@@H]1C(=O)Nc1ccc(O)cc1. The van der Waals surface area contributed by atoms with E-state index in [2.05, 4.69) is 26.1 Å². The van der Waals surface area contributed by atoms with Crippen LogP contribution in [0.1, 0.15) is 40.0 Å². The molecule has 0 saturated heterocycles. The molecule has 3 heteroatoms. The molecule has 3 nitrogen and oxygen atoms in total. The summed E-state index contributed by atoms with van der Waals surface area (Å²) in [6.07, 6.45) is 3.43. The quantitative estimate of drug-likeness (QED) is 0.796. The normalized spacial score (nSPS) is 25.8. The Balaban J connectivity index is 2.11. The van der Waals surface area contributed by atoms with E-state index in [0.29, 0.717) is 5.92 Å². The monoisotopic (exact) mass is 261 g/mol. The van der Waals surface area contributed by atoms with E-state index in [9.17, 15) is 9.90 Å². The first-order chi connectivity index (χ1) is 8.90. The maximum atomic E-state index is 12.5. The fourth-order valence-corrected chi connectivity index (χ4v) is 3.35. The van der Waals surface area contributed by atoms with Crippen molar-refractivity contribution in [2.45, 2.75) is 40.0 Å². The van der Waals surface area contributed by atoms with Crippen molar-refractivity contribution in [3.8, 4) is 5.75 Å². The second kappa shape index (κ2) is 5.24. The van der Waals surface area contributed by atoms with E-state index < -0.39 is 0 Å². The van der Waals surface area contributed by atoms with Gasteiger partial charge in [-0.15, -0.1) is 0 Å². The number of hydrogen-bond acceptors (Lipinski definition) is 2. The minimum Gasteiger partial charge on any atom is -0.508 e. The molecule has 0 radical (unpaired) electrons. The van der Waals surface area contributed by atoms with Crippen LogP contribution in [0.2, 0.25) is 0 Å². The second-order valence-electron chi connectivity index (χ2n) is 6.37. The maximum Gasteiger partial charge on any atom is 0.228 e. The van der Waals surface area contributed by atoms with Crippen molar-refractivity contribution in [2.75, 3.05) is 5.32 Å². The Morgan fingerprint density at radius 3 is 2.53 bits per heavy atom. The van der Waals surface area contributed by atoms with Gasteiger partial charge in [-0.1, -0.05) is 27.2 Å². The van der Waals surface area contributed by atoms with E-state index in [0.717, 1.165) is 18.5 Å². The lowest BCUT2D eigenvalue weighted by Gasteiger charge is -2.41. The van der Waals surface area contributed by atoms with Gasteiger partial charge in [0.25, 0.3) is 0 Å². The zero-order valence-corrected chi connectivity index (χ0v) is 11.9. The first-order valence-corrected chi connectivity index (χ1v) is 7.00. The molecule has 0 aliphatic heterocycles. The van der Waals surface area contributed by atoms with Gasteiger partial charge in [-0.3, -0.25) is 4.79 Å². The molecule has 0 bridgehead atoms. The number of anilines is 1. The molecule has 1 aliphatic carbocycles. The molecule has 19 heavy (non-hydrogen) atoms. The second-order valence-corrected chi connectivity index (χ2v) is 6.37. The number of phenols is 1. The van der Waals surface area contributed by atoms with Gasteiger partial charge in [-0.05, 0) is 48.4 Å². The highest BCUT2D eigenvalue weighted by Crippen LogP contribution is 2.44. The van der Waals surface area contributed by atoms with Crippen molar-refractivity contribution in [1.29, 1.82) is 0 Å². The predicted octanol–water partition coefficient (Wildman–Crippen LogP) is 3.79. The van der Waals surface area contributed by atoms with Gasteiger partial charge < -0.3 is 10.4 Å². The van der Waals surface area contributed by atoms with E-state index in [4.69, 9.17) is 0 Å². The zero-order chi connectivity index (χ0) is 14.0. The molecular weight excluding hydrogens is 238 g/mol. The van der Waals surface area contributed by atoms with E-state index >= 15 is 0 Å². The molecule has 2 rings (SSSR count). The molecule has 1 aromatic carbocycles. The molecule has 0 aromatic heterocycles. The minimum absolute atomic E-state index is 0.0510. The fraction of sp³-hybridized carbons (Fsp3) is 0.562. The van der Waals surface area contributed by atoms with E-state index in [-0.39, 0.29) is 23.0 Å². The van der Waals surface area contributed by atoms with Crippen LogP contribution < -0.4 is 5.32 Å². The summed E-state index contributed by atoms with van der Waals surface area (Å²) < 4.78 is 0. The number of amides is 1. The number of hydrogen-bond donors (Lipinski definition) is 2. The van der Waals surface area contributed by atoms with Crippen LogP contribution in [0.25, 0.3) is 0 Å². The van der Waals surface area contributed by atoms with Gasteiger partial charge in [0.15, 0.2) is 0 Å². The number of benzene rings is 1. The molecule has 1 amide bonds. The number of carbonyl (C=O) groups excluding carboxylic acids is 1. The number of aromatic hydroxyl groups is 1. The Kier molecular flexibility index (Phi) is 3.83. The highest BCUT2D eigenvalue weighted by atomic mass is 16.3. The number of rotatable bonds is 2. The van der Waals surface area contributed by atoms with E-state index in [1.165, 1.54) is 6.42 Å². The number of nitrogens with one attached hydrogen (secondary N) is 1. The third-order valence-corrected chi connectivity index (χ3v) is 4.31. The summed E-state index contributed by atoms with van der Waals surface area (Å²) in [5, 5.41) is 12.2. The summed E-state index contributed by atoms with van der Waals surface area (Å²) >= 11 is 0. The molecular formula is C16H23NO2. The van der Waals surface area contributed by atoms with E-state index in [1.807, 2.05) is 0 Å². The Hall–Kier alpha value is -1.51. The standard InChI is InChI=1S/C16H23NO2/c1-11-5-4-10-16(2,3)14(11)15(19)17-12-6-8-13(18)9-7-12/h6-9,11,14,18H,4-5,10H2,1-3H3,(H,17,19)/t11-,14-/m0/s1. The van der Waals surface area contributed by atoms with Gasteiger partial charge in [-0.25, -0.2) is 0 Å². The first kappa shape index (κ1) is 13.9. The van der Waals surface area contributed by atoms with Crippen LogP contribution in [-0.4, -0.2) is 11.0 Å². The lowest BCUT2D eigenvalue weighted by atomic mass is 9.64. The molecule has 1 saturated carbocycles. The molecule has 0 unspecified atom stereocenters. The average Bonchev–Trinajstić information content (AvgIpc) is 2.30. The molecule has 104 valence electrons. The lowest BCUT2D eigenvalue weighted by molar-refractivity contribution is -0.127. The van der Waals surface area contributed by atoms with Crippen LogP contribution in [0.5, 0.6) is 5.75 Å². The summed E-state index contributed by atoms with van der Waals surface area (Å²) in [7, 11) is 0. The molecule has 2 atom stereocenters. The Morgan fingerprint density at radius 2 is 1.95 bits per heavy atom. The maximum absolute atomic E-state index is 12.5. The van der Waals surface area contributed by atoms with Crippen LogP contribution in [0.4, 0.5) is 5.69 Å². The molecule has 1 fully saturated rings. The van der Waals surface area contributed by atoms with Crippen LogP contribution >= 0.6 is 0 Å². The van der Waals surface area contributed by atoms with Crippen LogP contribution in [-0.2, 0) is 4.79 Å². The molecule has 2 N–H and O–H groups in total. The van der Waals surface area contributed by atoms with Crippen molar-refractivity contribution in [1.82, 2.24) is 0 Å². The molecule has 0 spiro atoms. The van der Waals surface area contributed by atoms with Gasteiger partial charge in [0.2, 0.25) is 5.91 Å². The van der Waals surface area contributed by atoms with Crippen molar-refractivity contribution in [3.05, 3.63) is 24.3 Å². The fourth-order valence-electron chi connectivity index (χ4n) is 3.35. The van der Waals surface area contributed by atoms with Gasteiger partial charge >= 0.3 is 0 Å². The summed E-state index contributed by atoms with van der Waals surface area (Å²) in [6, 6.07) is 6.64. The third kappa shape index (κ3) is 3.09. The van der Waals surface area contributed by atoms with Gasteiger partial charge in [-0.2, -0.15) is 0 Å². The van der Waals surface area contributed by atoms with Gasteiger partial charge in [0.05, 0.1) is 0 Å². The van der Waals surface area contributed by atoms with E-state index in [1.54, 1.807) is 24.3 Å². The smallest absolute Gasteiger partial charge is 0.228 e. The minimum atomic E-state index is 0.0510. The Labute approximate surface area is 115 Å². The largest absolute Gasteiger partial charge is 0.508 e. The van der Waals surface area contributed by atoms with Crippen LogP contribution in [0, 0.1) is 17.3 Å². The molecule has 0 heterocycles. The van der Waals surface area contributed by atoms with Crippen molar-refractivity contribution in [2.24, 2.45) is 17.3 Å². The highest BCUT2D eigenvalue weighted by Gasteiger charge is 2.41.